The number of hydrogen-bond acceptors (Lipinski definition) is 8. The van der Waals surface area contributed by atoms with Crippen LogP contribution in [0.15, 0.2) is 53.0 Å². The van der Waals surface area contributed by atoms with Crippen LogP contribution >= 0.6 is 23.9 Å². The van der Waals surface area contributed by atoms with Gasteiger partial charge in [0.15, 0.2) is 6.79 Å². The average molecular weight is 664 g/mol. The molecule has 0 saturated carbocycles. The topological polar surface area (TPSA) is 73.8 Å². The summed E-state index contributed by atoms with van der Waals surface area (Å²) in [7, 11) is 6.79. The lowest BCUT2D eigenvalue weighted by Crippen LogP contribution is -2.27. The Labute approximate surface area is 258 Å². The first-order valence-corrected chi connectivity index (χ1v) is 16.0. The standard InChI is InChI=1S/C32H40BrO8P/c1-34-21-41-30-24(33)18-22(20-39-17-15-23-10-6-7-16-40-23)19-29(30)42(31-25(35-2)11-8-12-26(31)36-3)32-27(37-4)13-9-14-28(32)38-5/h8-9,11-14,18-19,23H,6-7,10,15-17,20-21H2,1-5H3. The molecule has 0 aliphatic carbocycles. The molecular formula is C32H40BrO8P. The highest BCUT2D eigenvalue weighted by molar-refractivity contribution is 9.10. The third-order valence-electron chi connectivity index (χ3n) is 7.02. The van der Waals surface area contributed by atoms with Gasteiger partial charge in [-0.3, -0.25) is 0 Å². The van der Waals surface area contributed by atoms with E-state index in [9.17, 15) is 0 Å². The molecule has 0 amide bonds. The van der Waals surface area contributed by atoms with E-state index in [2.05, 4.69) is 22.0 Å². The van der Waals surface area contributed by atoms with Gasteiger partial charge in [0.1, 0.15) is 28.7 Å². The Morgan fingerprint density at radius 1 is 0.833 bits per heavy atom. The summed E-state index contributed by atoms with van der Waals surface area (Å²) in [5, 5.41) is 2.63. The summed E-state index contributed by atoms with van der Waals surface area (Å²) in [6, 6.07) is 15.7. The second kappa shape index (κ2) is 16.3. The average Bonchev–Trinajstić information content (AvgIpc) is 3.03. The maximum Gasteiger partial charge on any atom is 0.188 e. The SMILES string of the molecule is COCOc1c(Br)cc(COCCC2CCCCO2)cc1P(c1c(OC)cccc1OC)c1c(OC)cccc1OC. The molecule has 1 atom stereocenters. The maximum atomic E-state index is 6.22. The van der Waals surface area contributed by atoms with Crippen LogP contribution in [0, 0.1) is 0 Å². The number of methoxy groups -OCH3 is 5. The minimum Gasteiger partial charge on any atom is -0.496 e. The van der Waals surface area contributed by atoms with E-state index in [0.717, 1.165) is 51.8 Å². The van der Waals surface area contributed by atoms with Gasteiger partial charge in [0.2, 0.25) is 0 Å². The molecule has 0 N–H and O–H groups in total. The molecule has 0 bridgehead atoms. The Morgan fingerprint density at radius 3 is 1.93 bits per heavy atom. The zero-order valence-electron chi connectivity index (χ0n) is 24.9. The van der Waals surface area contributed by atoms with Crippen molar-refractivity contribution in [2.75, 3.05) is 55.6 Å². The van der Waals surface area contributed by atoms with E-state index in [1.165, 1.54) is 6.42 Å². The first-order chi connectivity index (χ1) is 20.6. The molecule has 10 heteroatoms. The summed E-state index contributed by atoms with van der Waals surface area (Å²) in [4.78, 5) is 0. The number of ether oxygens (including phenoxy) is 8. The minimum absolute atomic E-state index is 0.0676. The Hall–Kier alpha value is -2.55. The van der Waals surface area contributed by atoms with Gasteiger partial charge >= 0.3 is 0 Å². The van der Waals surface area contributed by atoms with Crippen LogP contribution in [0.4, 0.5) is 0 Å². The quantitative estimate of drug-likeness (QED) is 0.117. The van der Waals surface area contributed by atoms with Crippen molar-refractivity contribution in [1.82, 2.24) is 0 Å². The fourth-order valence-electron chi connectivity index (χ4n) is 5.04. The second-order valence-corrected chi connectivity index (χ2v) is 12.6. The van der Waals surface area contributed by atoms with Crippen LogP contribution in [0.3, 0.4) is 0 Å². The molecule has 0 aromatic heterocycles. The van der Waals surface area contributed by atoms with Crippen molar-refractivity contribution in [3.8, 4) is 28.7 Å². The number of benzene rings is 3. The van der Waals surface area contributed by atoms with Crippen LogP contribution in [-0.4, -0.2) is 61.7 Å². The van der Waals surface area contributed by atoms with E-state index >= 15 is 0 Å². The smallest absolute Gasteiger partial charge is 0.188 e. The van der Waals surface area contributed by atoms with Crippen molar-refractivity contribution >= 4 is 39.8 Å². The highest BCUT2D eigenvalue weighted by atomic mass is 79.9. The van der Waals surface area contributed by atoms with Crippen LogP contribution in [0.5, 0.6) is 28.7 Å². The summed E-state index contributed by atoms with van der Waals surface area (Å²) < 4.78 is 48.0. The Kier molecular flexibility index (Phi) is 12.6. The van der Waals surface area contributed by atoms with E-state index in [1.807, 2.05) is 42.5 Å². The highest BCUT2D eigenvalue weighted by Gasteiger charge is 2.33. The van der Waals surface area contributed by atoms with Crippen LogP contribution in [0.25, 0.3) is 0 Å². The summed E-state index contributed by atoms with van der Waals surface area (Å²) >= 11 is 3.78. The summed E-state index contributed by atoms with van der Waals surface area (Å²) in [5.74, 6) is 3.35. The van der Waals surface area contributed by atoms with Gasteiger partial charge in [-0.05, 0) is 83.6 Å². The fraction of sp³-hybridized carbons (Fsp3) is 0.438. The molecule has 8 nitrogen and oxygen atoms in total. The van der Waals surface area contributed by atoms with Gasteiger partial charge in [-0.1, -0.05) is 12.1 Å². The second-order valence-electron chi connectivity index (χ2n) is 9.66. The van der Waals surface area contributed by atoms with Gasteiger partial charge in [0.05, 0.1) is 56.2 Å². The fourth-order valence-corrected chi connectivity index (χ4v) is 8.75. The first-order valence-electron chi connectivity index (χ1n) is 13.9. The lowest BCUT2D eigenvalue weighted by atomic mass is 10.1. The molecule has 0 spiro atoms. The van der Waals surface area contributed by atoms with Gasteiger partial charge in [-0.15, -0.1) is 0 Å². The van der Waals surface area contributed by atoms with Crippen LogP contribution < -0.4 is 39.6 Å². The van der Waals surface area contributed by atoms with Gasteiger partial charge in [0, 0.05) is 33.5 Å². The zero-order valence-corrected chi connectivity index (χ0v) is 27.4. The Bertz CT molecular complexity index is 1200. The van der Waals surface area contributed by atoms with E-state index in [1.54, 1.807) is 35.5 Å². The molecular weight excluding hydrogens is 623 g/mol. The van der Waals surface area contributed by atoms with Crippen LogP contribution in [-0.2, 0) is 20.8 Å². The van der Waals surface area contributed by atoms with E-state index < -0.39 is 7.92 Å². The van der Waals surface area contributed by atoms with Crippen molar-refractivity contribution in [3.05, 3.63) is 58.6 Å². The molecule has 1 aliphatic rings. The molecule has 0 radical (unpaired) electrons. The highest BCUT2D eigenvalue weighted by Crippen LogP contribution is 2.49. The van der Waals surface area contributed by atoms with E-state index in [4.69, 9.17) is 37.9 Å². The monoisotopic (exact) mass is 662 g/mol. The molecule has 3 aromatic carbocycles. The molecule has 4 rings (SSSR count). The van der Waals surface area contributed by atoms with Gasteiger partial charge < -0.3 is 37.9 Å². The van der Waals surface area contributed by atoms with Gasteiger partial charge in [-0.2, -0.15) is 0 Å². The summed E-state index contributed by atoms with van der Waals surface area (Å²) in [6.45, 7) is 1.96. The minimum atomic E-state index is -1.44. The lowest BCUT2D eigenvalue weighted by molar-refractivity contribution is -0.00964. The lowest BCUT2D eigenvalue weighted by Gasteiger charge is -2.28. The number of hydrogen-bond donors (Lipinski definition) is 0. The molecule has 1 saturated heterocycles. The van der Waals surface area contributed by atoms with Gasteiger partial charge in [0.25, 0.3) is 0 Å². The summed E-state index contributed by atoms with van der Waals surface area (Å²) in [5.41, 5.74) is 0.987. The van der Waals surface area contributed by atoms with Crippen molar-refractivity contribution in [2.24, 2.45) is 0 Å². The maximum absolute atomic E-state index is 6.22. The third-order valence-corrected chi connectivity index (χ3v) is 10.2. The normalized spacial score (nSPS) is 15.0. The van der Waals surface area contributed by atoms with E-state index in [-0.39, 0.29) is 12.9 Å². The number of halogens is 1. The molecule has 1 fully saturated rings. The van der Waals surface area contributed by atoms with Crippen LogP contribution in [0.2, 0.25) is 0 Å². The molecule has 228 valence electrons. The summed E-state index contributed by atoms with van der Waals surface area (Å²) in [6.07, 6.45) is 4.60. The Balaban J connectivity index is 1.86. The molecule has 1 unspecified atom stereocenters. The third kappa shape index (κ3) is 7.69. The largest absolute Gasteiger partial charge is 0.496 e. The zero-order chi connectivity index (χ0) is 29.9. The molecule has 42 heavy (non-hydrogen) atoms. The van der Waals surface area contributed by atoms with Crippen molar-refractivity contribution < 1.29 is 37.9 Å². The van der Waals surface area contributed by atoms with Crippen molar-refractivity contribution in [2.45, 2.75) is 38.4 Å². The van der Waals surface area contributed by atoms with Crippen LogP contribution in [0.1, 0.15) is 31.2 Å². The number of rotatable bonds is 15. The van der Waals surface area contributed by atoms with Gasteiger partial charge in [-0.25, -0.2) is 0 Å². The molecule has 1 heterocycles. The predicted molar refractivity (Wildman–Crippen MR) is 169 cm³/mol. The first kappa shape index (κ1) is 32.4. The van der Waals surface area contributed by atoms with Crippen molar-refractivity contribution in [3.63, 3.8) is 0 Å². The van der Waals surface area contributed by atoms with Crippen molar-refractivity contribution in [1.29, 1.82) is 0 Å². The van der Waals surface area contributed by atoms with E-state index in [0.29, 0.717) is 42.0 Å². The molecule has 1 aliphatic heterocycles. The molecule has 3 aromatic rings. The predicted octanol–water partition coefficient (Wildman–Crippen LogP) is 5.70. The Morgan fingerprint density at radius 2 is 1.43 bits per heavy atom.